The summed E-state index contributed by atoms with van der Waals surface area (Å²) in [6.45, 7) is 12.0. The Bertz CT molecular complexity index is 1030. The SMILES string of the molecule is COc1ccc(CN2CCCCC2C(=O)Nc2ccc(NC(=O)C(C)(C)C)cc2)cc1OCC(C)C. The number of amides is 2. The van der Waals surface area contributed by atoms with E-state index < -0.39 is 5.41 Å². The molecule has 1 saturated heterocycles. The van der Waals surface area contributed by atoms with E-state index in [4.69, 9.17) is 9.47 Å². The molecule has 2 aromatic carbocycles. The third-order valence-corrected chi connectivity index (χ3v) is 6.19. The number of methoxy groups -OCH3 is 1. The van der Waals surface area contributed by atoms with Gasteiger partial charge in [0.15, 0.2) is 11.5 Å². The minimum Gasteiger partial charge on any atom is -0.493 e. The maximum Gasteiger partial charge on any atom is 0.241 e. The summed E-state index contributed by atoms with van der Waals surface area (Å²) < 4.78 is 11.4. The summed E-state index contributed by atoms with van der Waals surface area (Å²) in [7, 11) is 1.65. The minimum absolute atomic E-state index is 0.00836. The molecular weight excluding hydrogens is 454 g/mol. The average Bonchev–Trinajstić information content (AvgIpc) is 2.83. The smallest absolute Gasteiger partial charge is 0.241 e. The lowest BCUT2D eigenvalue weighted by molar-refractivity contribution is -0.123. The van der Waals surface area contributed by atoms with Gasteiger partial charge in [0.2, 0.25) is 11.8 Å². The Morgan fingerprint density at radius 3 is 2.28 bits per heavy atom. The maximum absolute atomic E-state index is 13.2. The lowest BCUT2D eigenvalue weighted by Crippen LogP contribution is -2.46. The molecule has 3 rings (SSSR count). The number of anilines is 2. The van der Waals surface area contributed by atoms with Gasteiger partial charge in [0.25, 0.3) is 0 Å². The molecule has 2 N–H and O–H groups in total. The van der Waals surface area contributed by atoms with Gasteiger partial charge in [0.1, 0.15) is 0 Å². The predicted octanol–water partition coefficient (Wildman–Crippen LogP) is 5.71. The van der Waals surface area contributed by atoms with E-state index in [1.807, 2.05) is 63.2 Å². The number of likely N-dealkylation sites (tertiary alicyclic amines) is 1. The number of piperidine rings is 1. The second-order valence-corrected chi connectivity index (χ2v) is 10.9. The second kappa shape index (κ2) is 12.3. The van der Waals surface area contributed by atoms with Crippen molar-refractivity contribution in [3.05, 3.63) is 48.0 Å². The zero-order valence-electron chi connectivity index (χ0n) is 22.5. The van der Waals surface area contributed by atoms with Crippen LogP contribution in [0.3, 0.4) is 0 Å². The van der Waals surface area contributed by atoms with Crippen molar-refractivity contribution in [1.29, 1.82) is 0 Å². The monoisotopic (exact) mass is 495 g/mol. The van der Waals surface area contributed by atoms with Crippen molar-refractivity contribution >= 4 is 23.2 Å². The standard InChI is InChI=1S/C29H41N3O4/c1-20(2)19-36-26-17-21(10-15-25(26)35-6)18-32-16-8-7-9-24(32)27(33)30-22-11-13-23(14-12-22)31-28(34)29(3,4)5/h10-15,17,20,24H,7-9,16,18-19H2,1-6H3,(H,30,33)(H,31,34). The van der Waals surface area contributed by atoms with Crippen molar-refractivity contribution in [3.8, 4) is 11.5 Å². The Hall–Kier alpha value is -3.06. The quantitative estimate of drug-likeness (QED) is 0.466. The first kappa shape index (κ1) is 27.5. The fourth-order valence-corrected chi connectivity index (χ4v) is 4.08. The van der Waals surface area contributed by atoms with E-state index in [2.05, 4.69) is 29.4 Å². The fourth-order valence-electron chi connectivity index (χ4n) is 4.08. The van der Waals surface area contributed by atoms with Gasteiger partial charge in [-0.05, 0) is 67.3 Å². The van der Waals surface area contributed by atoms with E-state index >= 15 is 0 Å². The molecule has 1 fully saturated rings. The van der Waals surface area contributed by atoms with E-state index in [1.54, 1.807) is 7.11 Å². The van der Waals surface area contributed by atoms with Gasteiger partial charge in [0.05, 0.1) is 19.8 Å². The second-order valence-electron chi connectivity index (χ2n) is 10.9. The number of nitrogens with one attached hydrogen (secondary N) is 2. The summed E-state index contributed by atoms with van der Waals surface area (Å²) in [6.07, 6.45) is 2.91. The molecule has 7 heteroatoms. The highest BCUT2D eigenvalue weighted by Crippen LogP contribution is 2.30. The normalized spacial score (nSPS) is 16.5. The minimum atomic E-state index is -0.470. The Kier molecular flexibility index (Phi) is 9.37. The van der Waals surface area contributed by atoms with Crippen LogP contribution in [0.25, 0.3) is 0 Å². The molecule has 0 aliphatic carbocycles. The van der Waals surface area contributed by atoms with Gasteiger partial charge in [-0.3, -0.25) is 14.5 Å². The molecule has 0 aromatic heterocycles. The summed E-state index contributed by atoms with van der Waals surface area (Å²) in [5.74, 6) is 1.81. The van der Waals surface area contributed by atoms with Gasteiger partial charge >= 0.3 is 0 Å². The first-order valence-electron chi connectivity index (χ1n) is 12.8. The number of rotatable bonds is 9. The summed E-state index contributed by atoms with van der Waals surface area (Å²) in [4.78, 5) is 27.7. The van der Waals surface area contributed by atoms with Gasteiger partial charge < -0.3 is 20.1 Å². The molecule has 36 heavy (non-hydrogen) atoms. The number of hydrogen-bond acceptors (Lipinski definition) is 5. The topological polar surface area (TPSA) is 79.9 Å². The first-order chi connectivity index (χ1) is 17.1. The van der Waals surface area contributed by atoms with Crippen LogP contribution < -0.4 is 20.1 Å². The molecule has 1 atom stereocenters. The van der Waals surface area contributed by atoms with Crippen LogP contribution in [0.15, 0.2) is 42.5 Å². The highest BCUT2D eigenvalue weighted by molar-refractivity contribution is 5.96. The molecule has 7 nitrogen and oxygen atoms in total. The summed E-state index contributed by atoms with van der Waals surface area (Å²) in [5, 5.41) is 5.97. The van der Waals surface area contributed by atoms with Crippen molar-refractivity contribution in [2.75, 3.05) is 30.9 Å². The van der Waals surface area contributed by atoms with Gasteiger partial charge in [-0.2, -0.15) is 0 Å². The molecule has 1 unspecified atom stereocenters. The number of carbonyl (C=O) groups excluding carboxylic acids is 2. The van der Waals surface area contributed by atoms with Crippen molar-refractivity contribution in [3.63, 3.8) is 0 Å². The lowest BCUT2D eigenvalue weighted by atomic mass is 9.95. The van der Waals surface area contributed by atoms with Crippen LogP contribution in [0.1, 0.15) is 59.4 Å². The summed E-state index contributed by atoms with van der Waals surface area (Å²) >= 11 is 0. The van der Waals surface area contributed by atoms with Gasteiger partial charge in [-0.1, -0.05) is 47.1 Å². The van der Waals surface area contributed by atoms with Crippen molar-refractivity contribution in [1.82, 2.24) is 4.90 Å². The number of benzene rings is 2. The molecule has 196 valence electrons. The van der Waals surface area contributed by atoms with E-state index in [9.17, 15) is 9.59 Å². The van der Waals surface area contributed by atoms with Crippen LogP contribution in [-0.4, -0.2) is 43.0 Å². The Balaban J connectivity index is 1.65. The third-order valence-electron chi connectivity index (χ3n) is 6.19. The number of hydrogen-bond donors (Lipinski definition) is 2. The molecule has 2 amide bonds. The zero-order valence-corrected chi connectivity index (χ0v) is 22.5. The van der Waals surface area contributed by atoms with Crippen LogP contribution in [0.4, 0.5) is 11.4 Å². The molecule has 0 bridgehead atoms. The molecule has 1 aliphatic heterocycles. The van der Waals surface area contributed by atoms with Gasteiger partial charge in [0, 0.05) is 23.3 Å². The van der Waals surface area contributed by atoms with E-state index in [0.29, 0.717) is 30.4 Å². The largest absolute Gasteiger partial charge is 0.493 e. The Morgan fingerprint density at radius 2 is 1.67 bits per heavy atom. The van der Waals surface area contributed by atoms with Gasteiger partial charge in [-0.15, -0.1) is 0 Å². The molecule has 0 saturated carbocycles. The van der Waals surface area contributed by atoms with E-state index in [0.717, 1.165) is 42.9 Å². The van der Waals surface area contributed by atoms with E-state index in [-0.39, 0.29) is 17.9 Å². The Morgan fingerprint density at radius 1 is 1.00 bits per heavy atom. The molecule has 1 heterocycles. The van der Waals surface area contributed by atoms with E-state index in [1.165, 1.54) is 0 Å². The zero-order chi connectivity index (χ0) is 26.3. The Labute approximate surface area is 215 Å². The molecular formula is C29H41N3O4. The van der Waals surface area contributed by atoms with Crippen molar-refractivity contribution in [2.24, 2.45) is 11.3 Å². The van der Waals surface area contributed by atoms with Crippen molar-refractivity contribution in [2.45, 2.75) is 66.5 Å². The summed E-state index contributed by atoms with van der Waals surface area (Å²) in [5.41, 5.74) is 2.05. The number of nitrogens with zero attached hydrogens (tertiary/aromatic N) is 1. The highest BCUT2D eigenvalue weighted by atomic mass is 16.5. The third kappa shape index (κ3) is 7.72. The molecule has 0 radical (unpaired) electrons. The van der Waals surface area contributed by atoms with Crippen LogP contribution in [0, 0.1) is 11.3 Å². The van der Waals surface area contributed by atoms with Crippen LogP contribution >= 0.6 is 0 Å². The fraction of sp³-hybridized carbons (Fsp3) is 0.517. The lowest BCUT2D eigenvalue weighted by Gasteiger charge is -2.34. The average molecular weight is 496 g/mol. The molecule has 0 spiro atoms. The molecule has 1 aliphatic rings. The number of carbonyl (C=O) groups is 2. The van der Waals surface area contributed by atoms with Crippen LogP contribution in [0.5, 0.6) is 11.5 Å². The molecule has 2 aromatic rings. The van der Waals surface area contributed by atoms with Crippen LogP contribution in [0.2, 0.25) is 0 Å². The van der Waals surface area contributed by atoms with Crippen LogP contribution in [-0.2, 0) is 16.1 Å². The first-order valence-corrected chi connectivity index (χ1v) is 12.8. The van der Waals surface area contributed by atoms with Gasteiger partial charge in [-0.25, -0.2) is 0 Å². The summed E-state index contributed by atoms with van der Waals surface area (Å²) in [6, 6.07) is 13.1. The predicted molar refractivity (Wildman–Crippen MR) is 145 cm³/mol. The maximum atomic E-state index is 13.2. The van der Waals surface area contributed by atoms with Crippen molar-refractivity contribution < 1.29 is 19.1 Å². The highest BCUT2D eigenvalue weighted by Gasteiger charge is 2.29. The number of ether oxygens (including phenoxy) is 2.